The summed E-state index contributed by atoms with van der Waals surface area (Å²) < 4.78 is 0. The second-order valence-corrected chi connectivity index (χ2v) is 6.21. The topological polar surface area (TPSA) is 38.0 Å². The third kappa shape index (κ3) is 4.97. The molecule has 1 atom stereocenters. The Balaban J connectivity index is 2.70. The smallest absolute Gasteiger partial charge is 0.0455 e. The summed E-state index contributed by atoms with van der Waals surface area (Å²) in [7, 11) is 0. The van der Waals surface area contributed by atoms with Gasteiger partial charge in [-0.3, -0.25) is 0 Å². The zero-order valence-electron chi connectivity index (χ0n) is 11.2. The lowest BCUT2D eigenvalue weighted by Crippen LogP contribution is -2.32. The lowest BCUT2D eigenvalue weighted by molar-refractivity contribution is 0.351. The van der Waals surface area contributed by atoms with Crippen molar-refractivity contribution in [2.45, 2.75) is 40.2 Å². The van der Waals surface area contributed by atoms with Gasteiger partial charge in [-0.1, -0.05) is 38.4 Å². The minimum Gasteiger partial charge on any atom is -0.381 e. The molecule has 0 saturated carbocycles. The average Bonchev–Trinajstić information content (AvgIpc) is 2.20. The number of hydrogen-bond donors (Lipinski definition) is 2. The molecule has 0 aliphatic rings. The minimum absolute atomic E-state index is 0.269. The Morgan fingerprint density at radius 1 is 1.35 bits per heavy atom. The van der Waals surface area contributed by atoms with Gasteiger partial charge in [0.2, 0.25) is 0 Å². The first-order valence-electron chi connectivity index (χ1n) is 6.04. The highest BCUT2D eigenvalue weighted by molar-refractivity contribution is 6.31. The molecule has 1 aromatic carbocycles. The zero-order valence-corrected chi connectivity index (χ0v) is 11.9. The SMILES string of the molecule is Cc1ccc(NC(CN)CC(C)(C)C)cc1Cl. The molecule has 1 aromatic rings. The summed E-state index contributed by atoms with van der Waals surface area (Å²) in [6, 6.07) is 6.32. The maximum absolute atomic E-state index is 6.10. The van der Waals surface area contributed by atoms with Crippen LogP contribution in [0.4, 0.5) is 5.69 Å². The lowest BCUT2D eigenvalue weighted by Gasteiger charge is -2.26. The van der Waals surface area contributed by atoms with Crippen molar-refractivity contribution in [1.82, 2.24) is 0 Å². The molecule has 1 unspecified atom stereocenters. The fourth-order valence-corrected chi connectivity index (χ4v) is 2.03. The molecule has 0 aliphatic heterocycles. The predicted molar refractivity (Wildman–Crippen MR) is 76.7 cm³/mol. The van der Waals surface area contributed by atoms with Crippen LogP contribution in [0.15, 0.2) is 18.2 Å². The Morgan fingerprint density at radius 2 is 2.00 bits per heavy atom. The Kier molecular flexibility index (Phi) is 4.84. The molecule has 0 fully saturated rings. The van der Waals surface area contributed by atoms with Crippen molar-refractivity contribution < 1.29 is 0 Å². The van der Waals surface area contributed by atoms with Crippen LogP contribution in [0.3, 0.4) is 0 Å². The van der Waals surface area contributed by atoms with E-state index in [1.165, 1.54) is 0 Å². The molecule has 3 heteroatoms. The Bertz CT molecular complexity index is 369. The van der Waals surface area contributed by atoms with Gasteiger partial charge in [0.1, 0.15) is 0 Å². The molecule has 3 N–H and O–H groups in total. The number of rotatable bonds is 4. The number of nitrogens with one attached hydrogen (secondary N) is 1. The normalized spacial score (nSPS) is 13.5. The molecular weight excluding hydrogens is 232 g/mol. The van der Waals surface area contributed by atoms with Crippen molar-refractivity contribution in [3.63, 3.8) is 0 Å². The van der Waals surface area contributed by atoms with E-state index in [0.717, 1.165) is 22.7 Å². The third-order valence-corrected chi connectivity index (χ3v) is 3.09. The standard InChI is InChI=1S/C14H23ClN2/c1-10-5-6-11(7-13(10)15)17-12(9-16)8-14(2,3)4/h5-7,12,17H,8-9,16H2,1-4H3. The third-order valence-electron chi connectivity index (χ3n) is 2.69. The summed E-state index contributed by atoms with van der Waals surface area (Å²) in [5.41, 5.74) is 8.21. The van der Waals surface area contributed by atoms with Gasteiger partial charge in [-0.15, -0.1) is 0 Å². The number of nitrogens with two attached hydrogens (primary N) is 1. The fourth-order valence-electron chi connectivity index (χ4n) is 1.85. The lowest BCUT2D eigenvalue weighted by atomic mass is 9.88. The average molecular weight is 255 g/mol. The molecule has 17 heavy (non-hydrogen) atoms. The van der Waals surface area contributed by atoms with Crippen LogP contribution in [0.25, 0.3) is 0 Å². The van der Waals surface area contributed by atoms with Gasteiger partial charge in [0.15, 0.2) is 0 Å². The van der Waals surface area contributed by atoms with Gasteiger partial charge in [0.25, 0.3) is 0 Å². The van der Waals surface area contributed by atoms with E-state index in [1.54, 1.807) is 0 Å². The molecular formula is C14H23ClN2. The number of anilines is 1. The van der Waals surface area contributed by atoms with Crippen molar-refractivity contribution in [1.29, 1.82) is 0 Å². The molecule has 0 aromatic heterocycles. The van der Waals surface area contributed by atoms with Crippen LogP contribution in [-0.2, 0) is 0 Å². The maximum Gasteiger partial charge on any atom is 0.0455 e. The van der Waals surface area contributed by atoms with Crippen molar-refractivity contribution in [2.75, 3.05) is 11.9 Å². The van der Waals surface area contributed by atoms with Crippen LogP contribution in [0.5, 0.6) is 0 Å². The maximum atomic E-state index is 6.10. The van der Waals surface area contributed by atoms with Gasteiger partial charge in [0.05, 0.1) is 0 Å². The molecule has 0 heterocycles. The quantitative estimate of drug-likeness (QED) is 0.857. The molecule has 0 saturated heterocycles. The predicted octanol–water partition coefficient (Wildman–Crippen LogP) is 3.82. The molecule has 96 valence electrons. The van der Waals surface area contributed by atoms with E-state index in [4.69, 9.17) is 17.3 Å². The fraction of sp³-hybridized carbons (Fsp3) is 0.571. The van der Waals surface area contributed by atoms with E-state index in [-0.39, 0.29) is 11.5 Å². The van der Waals surface area contributed by atoms with Gasteiger partial charge < -0.3 is 11.1 Å². The van der Waals surface area contributed by atoms with Crippen molar-refractivity contribution in [3.05, 3.63) is 28.8 Å². The highest BCUT2D eigenvalue weighted by Gasteiger charge is 2.17. The first-order valence-corrected chi connectivity index (χ1v) is 6.42. The first kappa shape index (κ1) is 14.3. The summed E-state index contributed by atoms with van der Waals surface area (Å²) in [6.07, 6.45) is 1.04. The molecule has 0 bridgehead atoms. The van der Waals surface area contributed by atoms with E-state index >= 15 is 0 Å². The van der Waals surface area contributed by atoms with Crippen LogP contribution in [0, 0.1) is 12.3 Å². The van der Waals surface area contributed by atoms with Gasteiger partial charge in [0, 0.05) is 23.3 Å². The molecule has 0 amide bonds. The zero-order chi connectivity index (χ0) is 13.1. The van der Waals surface area contributed by atoms with Crippen LogP contribution in [0.2, 0.25) is 5.02 Å². The van der Waals surface area contributed by atoms with E-state index in [2.05, 4.69) is 26.1 Å². The van der Waals surface area contributed by atoms with Gasteiger partial charge >= 0.3 is 0 Å². The van der Waals surface area contributed by atoms with Gasteiger partial charge in [-0.05, 0) is 36.5 Å². The van der Waals surface area contributed by atoms with E-state index < -0.39 is 0 Å². The molecule has 2 nitrogen and oxygen atoms in total. The molecule has 0 spiro atoms. The number of hydrogen-bond acceptors (Lipinski definition) is 2. The Hall–Kier alpha value is -0.730. The highest BCUT2D eigenvalue weighted by Crippen LogP contribution is 2.24. The van der Waals surface area contributed by atoms with E-state index in [9.17, 15) is 0 Å². The van der Waals surface area contributed by atoms with Crippen LogP contribution in [0.1, 0.15) is 32.8 Å². The minimum atomic E-state index is 0.269. The van der Waals surface area contributed by atoms with Crippen LogP contribution in [-0.4, -0.2) is 12.6 Å². The summed E-state index contributed by atoms with van der Waals surface area (Å²) in [5.74, 6) is 0. The van der Waals surface area contributed by atoms with Gasteiger partial charge in [-0.2, -0.15) is 0 Å². The van der Waals surface area contributed by atoms with Crippen molar-refractivity contribution in [3.8, 4) is 0 Å². The second kappa shape index (κ2) is 5.74. The van der Waals surface area contributed by atoms with Crippen LogP contribution < -0.4 is 11.1 Å². The number of benzene rings is 1. The Labute approximate surface area is 110 Å². The van der Waals surface area contributed by atoms with E-state index in [1.807, 2.05) is 25.1 Å². The second-order valence-electron chi connectivity index (χ2n) is 5.81. The first-order chi connectivity index (χ1) is 7.81. The number of halogens is 1. The van der Waals surface area contributed by atoms with Gasteiger partial charge in [-0.25, -0.2) is 0 Å². The van der Waals surface area contributed by atoms with E-state index in [0.29, 0.717) is 6.54 Å². The van der Waals surface area contributed by atoms with Crippen LogP contribution >= 0.6 is 11.6 Å². The highest BCUT2D eigenvalue weighted by atomic mass is 35.5. The molecule has 1 rings (SSSR count). The monoisotopic (exact) mass is 254 g/mol. The summed E-state index contributed by atoms with van der Waals surface area (Å²) >= 11 is 6.10. The summed E-state index contributed by atoms with van der Waals surface area (Å²) in [5, 5.41) is 4.24. The summed E-state index contributed by atoms with van der Waals surface area (Å²) in [4.78, 5) is 0. The van der Waals surface area contributed by atoms with Crippen molar-refractivity contribution in [2.24, 2.45) is 11.1 Å². The van der Waals surface area contributed by atoms with Crippen molar-refractivity contribution >= 4 is 17.3 Å². The number of aryl methyl sites for hydroxylation is 1. The Morgan fingerprint density at radius 3 is 2.47 bits per heavy atom. The largest absolute Gasteiger partial charge is 0.381 e. The molecule has 0 aliphatic carbocycles. The summed E-state index contributed by atoms with van der Waals surface area (Å²) in [6.45, 7) is 9.29. The molecule has 0 radical (unpaired) electrons.